The van der Waals surface area contributed by atoms with Gasteiger partial charge in [-0.1, -0.05) is 43.6 Å². The molecular weight excluding hydrogens is 471 g/mol. The van der Waals surface area contributed by atoms with Crippen molar-refractivity contribution >= 4 is 34.8 Å². The van der Waals surface area contributed by atoms with Crippen LogP contribution >= 0.6 is 11.6 Å². The minimum Gasteiger partial charge on any atom is -0.496 e. The molecule has 0 radical (unpaired) electrons. The van der Waals surface area contributed by atoms with Gasteiger partial charge in [0.25, 0.3) is 5.91 Å². The van der Waals surface area contributed by atoms with Gasteiger partial charge in [0.2, 0.25) is 5.95 Å². The third-order valence-electron chi connectivity index (χ3n) is 5.33. The van der Waals surface area contributed by atoms with Crippen molar-refractivity contribution in [2.24, 2.45) is 0 Å². The summed E-state index contributed by atoms with van der Waals surface area (Å²) in [6.45, 7) is 5.80. The molecule has 0 aliphatic rings. The Morgan fingerprint density at radius 2 is 1.94 bits per heavy atom. The molecule has 8 nitrogen and oxygen atoms in total. The summed E-state index contributed by atoms with van der Waals surface area (Å²) in [5, 5.41) is 10.3. The Balaban J connectivity index is 1.63. The molecule has 0 spiro atoms. The molecule has 35 heavy (non-hydrogen) atoms. The van der Waals surface area contributed by atoms with Crippen LogP contribution in [0.25, 0.3) is 5.82 Å². The van der Waals surface area contributed by atoms with E-state index in [0.29, 0.717) is 22.2 Å². The second kappa shape index (κ2) is 10.1. The van der Waals surface area contributed by atoms with E-state index in [9.17, 15) is 4.79 Å². The van der Waals surface area contributed by atoms with Crippen LogP contribution in [0.4, 0.5) is 21.7 Å². The van der Waals surface area contributed by atoms with Gasteiger partial charge in [0.15, 0.2) is 11.6 Å². The molecule has 4 rings (SSSR count). The number of carbonyl (C=O) groups is 1. The van der Waals surface area contributed by atoms with Crippen LogP contribution < -0.4 is 15.4 Å². The zero-order valence-corrected chi connectivity index (χ0v) is 20.4. The summed E-state index contributed by atoms with van der Waals surface area (Å²) in [5.74, 6) is -0.0523. The first-order chi connectivity index (χ1) is 16.8. The van der Waals surface area contributed by atoms with Crippen molar-refractivity contribution in [2.45, 2.75) is 26.7 Å². The molecule has 180 valence electrons. The van der Waals surface area contributed by atoms with Gasteiger partial charge in [-0.2, -0.15) is 10.1 Å². The molecule has 2 aromatic heterocycles. The molecule has 0 bridgehead atoms. The van der Waals surface area contributed by atoms with Crippen LogP contribution in [0, 0.1) is 12.7 Å². The van der Waals surface area contributed by atoms with Gasteiger partial charge >= 0.3 is 0 Å². The lowest BCUT2D eigenvalue weighted by molar-refractivity contribution is 0.102. The van der Waals surface area contributed by atoms with Gasteiger partial charge in [0.05, 0.1) is 35.9 Å². The number of hydrogen-bond acceptors (Lipinski definition) is 6. The van der Waals surface area contributed by atoms with Gasteiger partial charge in [0.1, 0.15) is 10.8 Å². The first-order valence-electron chi connectivity index (χ1n) is 10.9. The smallest absolute Gasteiger partial charge is 0.259 e. The number of aryl methyl sites for hydroxylation is 1. The van der Waals surface area contributed by atoms with E-state index in [-0.39, 0.29) is 28.8 Å². The van der Waals surface area contributed by atoms with Crippen molar-refractivity contribution in [2.75, 3.05) is 17.7 Å². The highest BCUT2D eigenvalue weighted by atomic mass is 35.5. The van der Waals surface area contributed by atoms with Crippen LogP contribution in [-0.4, -0.2) is 32.8 Å². The van der Waals surface area contributed by atoms with Crippen molar-refractivity contribution in [3.8, 4) is 11.6 Å². The Hall–Kier alpha value is -3.98. The summed E-state index contributed by atoms with van der Waals surface area (Å²) in [7, 11) is 1.47. The Labute approximate surface area is 207 Å². The van der Waals surface area contributed by atoms with E-state index in [1.807, 2.05) is 19.9 Å². The lowest BCUT2D eigenvalue weighted by Crippen LogP contribution is -2.15. The van der Waals surface area contributed by atoms with E-state index in [2.05, 4.69) is 25.7 Å². The van der Waals surface area contributed by atoms with Crippen molar-refractivity contribution < 1.29 is 13.9 Å². The number of halogens is 2. The number of hydrogen-bond donors (Lipinski definition) is 2. The molecule has 2 N–H and O–H groups in total. The minimum absolute atomic E-state index is 0.00292. The highest BCUT2D eigenvalue weighted by Crippen LogP contribution is 2.30. The van der Waals surface area contributed by atoms with Crippen LogP contribution in [0.3, 0.4) is 0 Å². The highest BCUT2D eigenvalue weighted by Gasteiger charge is 2.18. The summed E-state index contributed by atoms with van der Waals surface area (Å²) in [6, 6.07) is 11.8. The summed E-state index contributed by atoms with van der Waals surface area (Å²) >= 11 is 6.31. The van der Waals surface area contributed by atoms with E-state index in [1.54, 1.807) is 48.1 Å². The number of carbonyl (C=O) groups excluding carboxylic acids is 1. The standard InChI is InChI=1S/C25H24ClFN6O2/c1-14(2)18-11-12-33(32-18)23-17(26)13-28-25(31-23)30-22-15(3)9-10-19(21(22)27)29-24(34)16-7-5-6-8-20(16)35-4/h5-14H,1-4H3,(H,29,34)(H,28,30,31). The maximum atomic E-state index is 15.5. The number of rotatable bonds is 7. The number of para-hydroxylation sites is 1. The molecule has 0 atom stereocenters. The molecule has 2 heterocycles. The van der Waals surface area contributed by atoms with Crippen LogP contribution in [-0.2, 0) is 0 Å². The van der Waals surface area contributed by atoms with Crippen LogP contribution in [0.2, 0.25) is 5.02 Å². The number of benzene rings is 2. The van der Waals surface area contributed by atoms with Crippen molar-refractivity contribution in [3.63, 3.8) is 0 Å². The molecule has 0 saturated carbocycles. The van der Waals surface area contributed by atoms with Gasteiger partial charge in [-0.3, -0.25) is 4.79 Å². The van der Waals surface area contributed by atoms with E-state index >= 15 is 4.39 Å². The average molecular weight is 495 g/mol. The van der Waals surface area contributed by atoms with Gasteiger partial charge in [-0.05, 0) is 42.7 Å². The summed E-state index contributed by atoms with van der Waals surface area (Å²) in [4.78, 5) is 21.4. The van der Waals surface area contributed by atoms with Crippen molar-refractivity contribution in [1.82, 2.24) is 19.7 Å². The van der Waals surface area contributed by atoms with Crippen molar-refractivity contribution in [3.05, 3.63) is 82.5 Å². The zero-order chi connectivity index (χ0) is 25.1. The first kappa shape index (κ1) is 24.2. The van der Waals surface area contributed by atoms with Gasteiger partial charge in [-0.25, -0.2) is 14.1 Å². The maximum Gasteiger partial charge on any atom is 0.259 e. The Kier molecular flexibility index (Phi) is 6.97. The second-order valence-corrected chi connectivity index (χ2v) is 8.51. The number of amides is 1. The molecule has 0 fully saturated rings. The third kappa shape index (κ3) is 5.09. The van der Waals surface area contributed by atoms with Crippen LogP contribution in [0.15, 0.2) is 54.9 Å². The number of aromatic nitrogens is 4. The number of anilines is 3. The predicted molar refractivity (Wildman–Crippen MR) is 134 cm³/mol. The SMILES string of the molecule is COc1ccccc1C(=O)Nc1ccc(C)c(Nc2ncc(Cl)c(-n3ccc(C(C)C)n3)n2)c1F. The molecule has 0 unspecified atom stereocenters. The molecule has 0 saturated heterocycles. The Morgan fingerprint density at radius 1 is 1.17 bits per heavy atom. The fourth-order valence-corrected chi connectivity index (χ4v) is 3.58. The number of methoxy groups -OCH3 is 1. The van der Waals surface area contributed by atoms with E-state index in [0.717, 1.165) is 5.69 Å². The van der Waals surface area contributed by atoms with Gasteiger partial charge < -0.3 is 15.4 Å². The largest absolute Gasteiger partial charge is 0.496 e. The lowest BCUT2D eigenvalue weighted by Gasteiger charge is -2.15. The Bertz CT molecular complexity index is 1390. The summed E-state index contributed by atoms with van der Waals surface area (Å²) in [6.07, 6.45) is 3.18. The lowest BCUT2D eigenvalue weighted by atomic mass is 10.1. The fourth-order valence-electron chi connectivity index (χ4n) is 3.40. The summed E-state index contributed by atoms with van der Waals surface area (Å²) < 4.78 is 22.2. The molecule has 10 heteroatoms. The average Bonchev–Trinajstić information content (AvgIpc) is 3.35. The molecule has 2 aromatic carbocycles. The number of ether oxygens (including phenoxy) is 1. The van der Waals surface area contributed by atoms with Crippen LogP contribution in [0.5, 0.6) is 5.75 Å². The van der Waals surface area contributed by atoms with E-state index in [4.69, 9.17) is 16.3 Å². The topological polar surface area (TPSA) is 94.0 Å². The minimum atomic E-state index is -0.658. The number of nitrogens with zero attached hydrogens (tertiary/aromatic N) is 4. The second-order valence-electron chi connectivity index (χ2n) is 8.10. The fraction of sp³-hybridized carbons (Fsp3) is 0.200. The highest BCUT2D eigenvalue weighted by molar-refractivity contribution is 6.32. The third-order valence-corrected chi connectivity index (χ3v) is 5.60. The van der Waals surface area contributed by atoms with Gasteiger partial charge in [-0.15, -0.1) is 0 Å². The molecule has 4 aromatic rings. The van der Waals surface area contributed by atoms with Crippen molar-refractivity contribution in [1.29, 1.82) is 0 Å². The van der Waals surface area contributed by atoms with Gasteiger partial charge in [0, 0.05) is 6.20 Å². The maximum absolute atomic E-state index is 15.5. The predicted octanol–water partition coefficient (Wildman–Crippen LogP) is 5.89. The van der Waals surface area contributed by atoms with Crippen LogP contribution in [0.1, 0.15) is 41.4 Å². The first-order valence-corrected chi connectivity index (χ1v) is 11.2. The monoisotopic (exact) mass is 494 g/mol. The molecule has 1 amide bonds. The van der Waals surface area contributed by atoms with E-state index in [1.165, 1.54) is 19.4 Å². The molecule has 0 aliphatic carbocycles. The van der Waals surface area contributed by atoms with E-state index < -0.39 is 11.7 Å². The summed E-state index contributed by atoms with van der Waals surface area (Å²) in [5.41, 5.74) is 1.89. The zero-order valence-electron chi connectivity index (χ0n) is 19.6. The normalized spacial score (nSPS) is 10.9. The molecular formula is C25H24ClFN6O2. The molecule has 0 aliphatic heterocycles. The number of nitrogens with one attached hydrogen (secondary N) is 2. The quantitative estimate of drug-likeness (QED) is 0.332. The Morgan fingerprint density at radius 3 is 2.66 bits per heavy atom.